The zero-order valence-electron chi connectivity index (χ0n) is 7.83. The van der Waals surface area contributed by atoms with Crippen molar-refractivity contribution in [1.29, 1.82) is 0 Å². The normalized spacial score (nSPS) is 39.5. The highest BCUT2D eigenvalue weighted by atomic mass is 32.2. The Morgan fingerprint density at radius 1 is 1.54 bits per heavy atom. The Balaban J connectivity index is 1.92. The second-order valence-electron chi connectivity index (χ2n) is 3.97. The maximum atomic E-state index is 11.0. The van der Waals surface area contributed by atoms with Gasteiger partial charge in [-0.2, -0.15) is 0 Å². The van der Waals surface area contributed by atoms with Gasteiger partial charge in [-0.05, 0) is 37.9 Å². The molecular weight excluding hydrogens is 184 g/mol. The van der Waals surface area contributed by atoms with Gasteiger partial charge in [-0.15, -0.1) is 11.8 Å². The van der Waals surface area contributed by atoms with Gasteiger partial charge in [0.15, 0.2) is 0 Å². The number of thioether (sulfide) groups is 1. The first-order valence-corrected chi connectivity index (χ1v) is 6.05. The Labute approximate surface area is 83.4 Å². The van der Waals surface area contributed by atoms with Gasteiger partial charge >= 0.3 is 0 Å². The lowest BCUT2D eigenvalue weighted by Crippen LogP contribution is -2.28. The van der Waals surface area contributed by atoms with E-state index in [-0.39, 0.29) is 4.75 Å². The molecule has 2 nitrogen and oxygen atoms in total. The number of hydrogen-bond donors (Lipinski definition) is 0. The van der Waals surface area contributed by atoms with Crippen LogP contribution in [0.2, 0.25) is 0 Å². The minimum absolute atomic E-state index is 0.0883. The SMILES string of the molecule is O=CC1(C[C@@H]2CCCO2)CCCS1. The summed E-state index contributed by atoms with van der Waals surface area (Å²) in [6.07, 6.45) is 7.03. The molecule has 0 bridgehead atoms. The predicted octanol–water partition coefficient (Wildman–Crippen LogP) is 2.02. The Kier molecular flexibility index (Phi) is 2.94. The second kappa shape index (κ2) is 4.01. The number of ether oxygens (including phenoxy) is 1. The average Bonchev–Trinajstić information content (AvgIpc) is 2.77. The molecule has 0 N–H and O–H groups in total. The molecule has 74 valence electrons. The summed E-state index contributed by atoms with van der Waals surface area (Å²) >= 11 is 1.83. The predicted molar refractivity (Wildman–Crippen MR) is 54.1 cm³/mol. The summed E-state index contributed by atoms with van der Waals surface area (Å²) in [7, 11) is 0. The van der Waals surface area contributed by atoms with Crippen LogP contribution in [0.15, 0.2) is 0 Å². The van der Waals surface area contributed by atoms with E-state index in [4.69, 9.17) is 4.74 Å². The highest BCUT2D eigenvalue weighted by Gasteiger charge is 2.37. The van der Waals surface area contributed by atoms with Gasteiger partial charge in [0, 0.05) is 6.61 Å². The van der Waals surface area contributed by atoms with Crippen LogP contribution in [0.5, 0.6) is 0 Å². The molecule has 2 aliphatic rings. The van der Waals surface area contributed by atoms with E-state index in [2.05, 4.69) is 0 Å². The number of rotatable bonds is 3. The highest BCUT2D eigenvalue weighted by Crippen LogP contribution is 2.41. The van der Waals surface area contributed by atoms with Crippen molar-refractivity contribution in [3.63, 3.8) is 0 Å². The highest BCUT2D eigenvalue weighted by molar-refractivity contribution is 8.01. The largest absolute Gasteiger partial charge is 0.378 e. The molecule has 13 heavy (non-hydrogen) atoms. The molecule has 3 heteroatoms. The van der Waals surface area contributed by atoms with Crippen LogP contribution < -0.4 is 0 Å². The van der Waals surface area contributed by atoms with E-state index in [0.717, 1.165) is 37.9 Å². The van der Waals surface area contributed by atoms with Crippen molar-refractivity contribution in [1.82, 2.24) is 0 Å². The topological polar surface area (TPSA) is 26.3 Å². The summed E-state index contributed by atoms with van der Waals surface area (Å²) in [4.78, 5) is 11.0. The Bertz CT molecular complexity index is 181. The van der Waals surface area contributed by atoms with Crippen molar-refractivity contribution >= 4 is 18.0 Å². The summed E-state index contributed by atoms with van der Waals surface area (Å²) in [6.45, 7) is 0.893. The average molecular weight is 200 g/mol. The third kappa shape index (κ3) is 2.08. The van der Waals surface area contributed by atoms with Gasteiger partial charge in [-0.25, -0.2) is 0 Å². The van der Waals surface area contributed by atoms with Crippen LogP contribution >= 0.6 is 11.8 Å². The zero-order valence-corrected chi connectivity index (χ0v) is 8.65. The van der Waals surface area contributed by atoms with Crippen molar-refractivity contribution in [3.05, 3.63) is 0 Å². The lowest BCUT2D eigenvalue weighted by Gasteiger charge is -2.23. The smallest absolute Gasteiger partial charge is 0.136 e. The van der Waals surface area contributed by atoms with E-state index in [0.29, 0.717) is 6.10 Å². The standard InChI is InChI=1S/C10H16O2S/c11-8-10(4-2-6-13-10)7-9-3-1-5-12-9/h8-9H,1-7H2/t9-,10?/m0/s1. The van der Waals surface area contributed by atoms with Crippen LogP contribution in [0.25, 0.3) is 0 Å². The fourth-order valence-corrected chi connectivity index (χ4v) is 3.57. The third-order valence-corrected chi connectivity index (χ3v) is 4.48. The second-order valence-corrected chi connectivity index (χ2v) is 5.48. The van der Waals surface area contributed by atoms with E-state index in [1.165, 1.54) is 12.8 Å². The van der Waals surface area contributed by atoms with Crippen LogP contribution in [0.3, 0.4) is 0 Å². The van der Waals surface area contributed by atoms with Gasteiger partial charge in [-0.1, -0.05) is 0 Å². The fourth-order valence-electron chi connectivity index (χ4n) is 2.21. The molecular formula is C10H16O2S. The molecule has 0 amide bonds. The first kappa shape index (κ1) is 9.53. The quantitative estimate of drug-likeness (QED) is 0.652. The van der Waals surface area contributed by atoms with Crippen molar-refractivity contribution in [2.24, 2.45) is 0 Å². The molecule has 2 aliphatic heterocycles. The van der Waals surface area contributed by atoms with Gasteiger partial charge in [0.05, 0.1) is 10.9 Å². The Morgan fingerprint density at radius 3 is 3.00 bits per heavy atom. The molecule has 2 rings (SSSR count). The monoisotopic (exact) mass is 200 g/mol. The van der Waals surface area contributed by atoms with E-state index >= 15 is 0 Å². The number of carbonyl (C=O) groups is 1. The Hall–Kier alpha value is -0.0200. The Morgan fingerprint density at radius 2 is 2.46 bits per heavy atom. The summed E-state index contributed by atoms with van der Waals surface area (Å²) in [5.41, 5.74) is 0. The molecule has 0 spiro atoms. The van der Waals surface area contributed by atoms with Crippen LogP contribution in [0.4, 0.5) is 0 Å². The lowest BCUT2D eigenvalue weighted by molar-refractivity contribution is -0.110. The van der Waals surface area contributed by atoms with Crippen LogP contribution in [0.1, 0.15) is 32.1 Å². The molecule has 0 aromatic heterocycles. The van der Waals surface area contributed by atoms with Gasteiger partial charge in [0.2, 0.25) is 0 Å². The molecule has 0 aliphatic carbocycles. The van der Waals surface area contributed by atoms with Crippen LogP contribution in [0, 0.1) is 0 Å². The summed E-state index contributed by atoms with van der Waals surface area (Å²) < 4.78 is 5.48. The van der Waals surface area contributed by atoms with Crippen LogP contribution in [-0.4, -0.2) is 29.5 Å². The molecule has 0 radical (unpaired) electrons. The summed E-state index contributed by atoms with van der Waals surface area (Å²) in [6, 6.07) is 0. The first-order chi connectivity index (χ1) is 6.35. The molecule has 0 aromatic carbocycles. The van der Waals surface area contributed by atoms with Gasteiger partial charge in [-0.3, -0.25) is 0 Å². The van der Waals surface area contributed by atoms with Crippen LogP contribution in [-0.2, 0) is 9.53 Å². The van der Waals surface area contributed by atoms with E-state index in [1.54, 1.807) is 0 Å². The van der Waals surface area contributed by atoms with E-state index in [1.807, 2.05) is 11.8 Å². The number of aldehydes is 1. The first-order valence-electron chi connectivity index (χ1n) is 5.07. The molecule has 2 fully saturated rings. The van der Waals surface area contributed by atoms with E-state index in [9.17, 15) is 4.79 Å². The maximum absolute atomic E-state index is 11.0. The summed E-state index contributed by atoms with van der Waals surface area (Å²) in [5, 5.41) is 0. The molecule has 2 heterocycles. The third-order valence-electron chi connectivity index (χ3n) is 2.95. The molecule has 2 saturated heterocycles. The molecule has 1 unspecified atom stereocenters. The minimum atomic E-state index is -0.0883. The number of carbonyl (C=O) groups excluding carboxylic acids is 1. The molecule has 0 saturated carbocycles. The van der Waals surface area contributed by atoms with Gasteiger partial charge in [0.25, 0.3) is 0 Å². The molecule has 2 atom stereocenters. The maximum Gasteiger partial charge on any atom is 0.136 e. The fraction of sp³-hybridized carbons (Fsp3) is 0.900. The molecule has 0 aromatic rings. The number of hydrogen-bond acceptors (Lipinski definition) is 3. The zero-order chi connectivity index (χ0) is 9.15. The van der Waals surface area contributed by atoms with Crippen molar-refractivity contribution < 1.29 is 9.53 Å². The van der Waals surface area contributed by atoms with E-state index < -0.39 is 0 Å². The van der Waals surface area contributed by atoms with Crippen molar-refractivity contribution in [3.8, 4) is 0 Å². The van der Waals surface area contributed by atoms with Crippen molar-refractivity contribution in [2.45, 2.75) is 43.0 Å². The van der Waals surface area contributed by atoms with Gasteiger partial charge in [0.1, 0.15) is 6.29 Å². The lowest BCUT2D eigenvalue weighted by atomic mass is 9.96. The summed E-state index contributed by atoms with van der Waals surface area (Å²) in [5.74, 6) is 1.14. The minimum Gasteiger partial charge on any atom is -0.378 e. The van der Waals surface area contributed by atoms with Crippen molar-refractivity contribution in [2.75, 3.05) is 12.4 Å². The van der Waals surface area contributed by atoms with Gasteiger partial charge < -0.3 is 9.53 Å².